The Hall–Kier alpha value is -6.16. The van der Waals surface area contributed by atoms with Crippen LogP contribution in [0.25, 0.3) is 88.1 Å². The minimum atomic E-state index is 0.733. The maximum absolute atomic E-state index is 5.23. The maximum atomic E-state index is 5.23. The van der Waals surface area contributed by atoms with Crippen LogP contribution >= 0.6 is 11.3 Å². The molecule has 3 heteroatoms. The van der Waals surface area contributed by atoms with E-state index in [2.05, 4.69) is 175 Å². The standard InChI is InChI=1S/C46H30N2S/c1-2-11-31(12-3-1)32-22-24-35(25-23-32)43-30-44(48-46(47-43)45-21-10-26-49-45)38-28-36(41-19-8-15-33-13-4-6-17-39(33)41)27-37(29-38)42-20-9-16-34-14-5-7-18-40(34)42/h1-30H. The van der Waals surface area contributed by atoms with E-state index in [0.29, 0.717) is 0 Å². The molecular formula is C46H30N2S. The van der Waals surface area contributed by atoms with Gasteiger partial charge in [0.15, 0.2) is 5.82 Å². The second-order valence-corrected chi connectivity index (χ2v) is 13.2. The van der Waals surface area contributed by atoms with E-state index in [0.717, 1.165) is 44.3 Å². The number of fused-ring (bicyclic) bond motifs is 2. The molecule has 0 N–H and O–H groups in total. The van der Waals surface area contributed by atoms with Crippen molar-refractivity contribution in [3.8, 4) is 66.6 Å². The van der Waals surface area contributed by atoms with Gasteiger partial charge in [0.2, 0.25) is 0 Å². The number of benzene rings is 7. The number of thiophene rings is 1. The van der Waals surface area contributed by atoms with Crippen molar-refractivity contribution in [3.05, 3.63) is 181 Å². The second-order valence-electron chi connectivity index (χ2n) is 12.2. The van der Waals surface area contributed by atoms with Crippen LogP contribution in [-0.2, 0) is 0 Å². The van der Waals surface area contributed by atoms with Gasteiger partial charge in [-0.3, -0.25) is 0 Å². The molecule has 0 aliphatic rings. The first-order chi connectivity index (χ1) is 24.3. The minimum Gasteiger partial charge on any atom is -0.227 e. The Morgan fingerprint density at radius 3 is 1.47 bits per heavy atom. The summed E-state index contributed by atoms with van der Waals surface area (Å²) in [5.74, 6) is 0.733. The molecule has 0 atom stereocenters. The molecule has 0 unspecified atom stereocenters. The smallest absolute Gasteiger partial charge is 0.170 e. The van der Waals surface area contributed by atoms with Crippen LogP contribution in [0.4, 0.5) is 0 Å². The molecule has 0 saturated carbocycles. The lowest BCUT2D eigenvalue weighted by Crippen LogP contribution is -1.96. The van der Waals surface area contributed by atoms with E-state index < -0.39 is 0 Å². The number of hydrogen-bond donors (Lipinski definition) is 0. The summed E-state index contributed by atoms with van der Waals surface area (Å²) >= 11 is 1.66. The predicted octanol–water partition coefficient (Wildman–Crippen LogP) is 12.8. The molecule has 2 nitrogen and oxygen atoms in total. The molecule has 9 rings (SSSR count). The lowest BCUT2D eigenvalue weighted by atomic mass is 9.90. The van der Waals surface area contributed by atoms with Crippen molar-refractivity contribution in [1.82, 2.24) is 9.97 Å². The summed E-state index contributed by atoms with van der Waals surface area (Å²) < 4.78 is 0. The zero-order valence-corrected chi connectivity index (χ0v) is 27.4. The Morgan fingerprint density at radius 2 is 0.857 bits per heavy atom. The lowest BCUT2D eigenvalue weighted by Gasteiger charge is -2.15. The molecule has 0 fully saturated rings. The van der Waals surface area contributed by atoms with Crippen LogP contribution in [0.15, 0.2) is 181 Å². The summed E-state index contributed by atoms with van der Waals surface area (Å²) in [4.78, 5) is 11.4. The molecule has 2 heterocycles. The van der Waals surface area contributed by atoms with Crippen molar-refractivity contribution in [2.24, 2.45) is 0 Å². The van der Waals surface area contributed by atoms with E-state index in [1.807, 2.05) is 6.07 Å². The molecular weight excluding hydrogens is 613 g/mol. The van der Waals surface area contributed by atoms with Crippen molar-refractivity contribution in [2.45, 2.75) is 0 Å². The van der Waals surface area contributed by atoms with Gasteiger partial charge in [-0.1, -0.05) is 146 Å². The monoisotopic (exact) mass is 642 g/mol. The summed E-state index contributed by atoms with van der Waals surface area (Å²) in [6.45, 7) is 0. The van der Waals surface area contributed by atoms with E-state index in [9.17, 15) is 0 Å². The Labute approximate surface area is 289 Å². The summed E-state index contributed by atoms with van der Waals surface area (Å²) in [6.07, 6.45) is 0. The zero-order chi connectivity index (χ0) is 32.6. The third kappa shape index (κ3) is 5.61. The average Bonchev–Trinajstić information content (AvgIpc) is 3.73. The molecule has 0 amide bonds. The second kappa shape index (κ2) is 12.5. The van der Waals surface area contributed by atoms with E-state index in [-0.39, 0.29) is 0 Å². The van der Waals surface area contributed by atoms with Crippen molar-refractivity contribution < 1.29 is 0 Å². The quantitative estimate of drug-likeness (QED) is 0.180. The van der Waals surface area contributed by atoms with Crippen LogP contribution in [0.2, 0.25) is 0 Å². The first-order valence-corrected chi connectivity index (χ1v) is 17.4. The van der Waals surface area contributed by atoms with Crippen LogP contribution in [0.5, 0.6) is 0 Å². The van der Waals surface area contributed by atoms with Gasteiger partial charge in [-0.15, -0.1) is 11.3 Å². The van der Waals surface area contributed by atoms with Gasteiger partial charge >= 0.3 is 0 Å². The van der Waals surface area contributed by atoms with E-state index in [4.69, 9.17) is 9.97 Å². The molecule has 0 aliphatic carbocycles. The van der Waals surface area contributed by atoms with Crippen molar-refractivity contribution in [2.75, 3.05) is 0 Å². The number of aromatic nitrogens is 2. The van der Waals surface area contributed by atoms with Crippen molar-refractivity contribution in [1.29, 1.82) is 0 Å². The summed E-state index contributed by atoms with van der Waals surface area (Å²) in [5, 5.41) is 6.99. The highest BCUT2D eigenvalue weighted by Crippen LogP contribution is 2.39. The molecule has 0 saturated heterocycles. The number of nitrogens with zero attached hydrogens (tertiary/aromatic N) is 2. The highest BCUT2D eigenvalue weighted by molar-refractivity contribution is 7.13. The highest BCUT2D eigenvalue weighted by Gasteiger charge is 2.16. The lowest BCUT2D eigenvalue weighted by molar-refractivity contribution is 1.19. The van der Waals surface area contributed by atoms with E-state index in [1.54, 1.807) is 11.3 Å². The SMILES string of the molecule is c1ccc(-c2ccc(-c3cc(-c4cc(-c5cccc6ccccc56)cc(-c5cccc6ccccc56)c4)nc(-c4cccs4)n3)cc2)cc1. The fourth-order valence-corrected chi connectivity index (χ4v) is 7.42. The minimum absolute atomic E-state index is 0.733. The third-order valence-corrected chi connectivity index (χ3v) is 10.1. The molecule has 0 spiro atoms. The Balaban J connectivity index is 1.26. The number of rotatable bonds is 6. The van der Waals surface area contributed by atoms with Crippen LogP contribution < -0.4 is 0 Å². The fraction of sp³-hybridized carbons (Fsp3) is 0. The van der Waals surface area contributed by atoms with Gasteiger partial charge in [-0.25, -0.2) is 9.97 Å². The van der Waals surface area contributed by atoms with Gasteiger partial charge in [-0.05, 0) is 90.6 Å². The molecule has 0 radical (unpaired) electrons. The molecule has 0 bridgehead atoms. The van der Waals surface area contributed by atoms with Crippen molar-refractivity contribution in [3.63, 3.8) is 0 Å². The summed E-state index contributed by atoms with van der Waals surface area (Å²) in [5.41, 5.74) is 11.0. The summed E-state index contributed by atoms with van der Waals surface area (Å²) in [6, 6.07) is 62.7. The molecule has 7 aromatic carbocycles. The van der Waals surface area contributed by atoms with Gasteiger partial charge in [0, 0.05) is 11.1 Å². The third-order valence-electron chi connectivity index (χ3n) is 9.19. The maximum Gasteiger partial charge on any atom is 0.170 e. The Morgan fingerprint density at radius 1 is 0.347 bits per heavy atom. The van der Waals surface area contributed by atoms with E-state index in [1.165, 1.54) is 43.8 Å². The first kappa shape index (κ1) is 29.0. The Kier molecular flexibility index (Phi) is 7.38. The van der Waals surface area contributed by atoms with Crippen molar-refractivity contribution >= 4 is 32.9 Å². The van der Waals surface area contributed by atoms with E-state index >= 15 is 0 Å². The highest BCUT2D eigenvalue weighted by atomic mass is 32.1. The average molecular weight is 643 g/mol. The normalized spacial score (nSPS) is 11.3. The summed E-state index contributed by atoms with van der Waals surface area (Å²) in [7, 11) is 0. The van der Waals surface area contributed by atoms with Gasteiger partial charge in [0.1, 0.15) is 0 Å². The fourth-order valence-electron chi connectivity index (χ4n) is 6.76. The van der Waals surface area contributed by atoms with Crippen LogP contribution in [0.1, 0.15) is 0 Å². The molecule has 230 valence electrons. The van der Waals surface area contributed by atoms with Gasteiger partial charge < -0.3 is 0 Å². The topological polar surface area (TPSA) is 25.8 Å². The zero-order valence-electron chi connectivity index (χ0n) is 26.6. The Bertz CT molecular complexity index is 2480. The van der Waals surface area contributed by atoms with Crippen LogP contribution in [0.3, 0.4) is 0 Å². The van der Waals surface area contributed by atoms with Gasteiger partial charge in [0.25, 0.3) is 0 Å². The van der Waals surface area contributed by atoms with Crippen LogP contribution in [0, 0.1) is 0 Å². The van der Waals surface area contributed by atoms with Crippen LogP contribution in [-0.4, -0.2) is 9.97 Å². The molecule has 2 aromatic heterocycles. The molecule has 9 aromatic rings. The largest absolute Gasteiger partial charge is 0.227 e. The molecule has 0 aliphatic heterocycles. The van der Waals surface area contributed by atoms with Gasteiger partial charge in [-0.2, -0.15) is 0 Å². The molecule has 49 heavy (non-hydrogen) atoms. The first-order valence-electron chi connectivity index (χ1n) is 16.5. The van der Waals surface area contributed by atoms with Gasteiger partial charge in [0.05, 0.1) is 16.3 Å². The number of hydrogen-bond acceptors (Lipinski definition) is 3. The predicted molar refractivity (Wildman–Crippen MR) is 208 cm³/mol.